The average Bonchev–Trinajstić information content (AvgIpc) is 2.55. The van der Waals surface area contributed by atoms with Gasteiger partial charge in [-0.15, -0.1) is 0 Å². The summed E-state index contributed by atoms with van der Waals surface area (Å²) in [5.41, 5.74) is -0.501. The first-order valence-electron chi connectivity index (χ1n) is 9.95. The number of amides is 1. The SMILES string of the molecule is CCCCCCCCC1CC([C@H](O)OC)CN(C(=O)OC(C)(C)C)C1. The van der Waals surface area contributed by atoms with Crippen LogP contribution < -0.4 is 0 Å². The third-order valence-corrected chi connectivity index (χ3v) is 4.83. The van der Waals surface area contributed by atoms with E-state index in [0.29, 0.717) is 12.5 Å². The van der Waals surface area contributed by atoms with Gasteiger partial charge in [0.15, 0.2) is 6.29 Å². The molecule has 3 atom stereocenters. The van der Waals surface area contributed by atoms with Crippen LogP contribution in [0.5, 0.6) is 0 Å². The van der Waals surface area contributed by atoms with E-state index >= 15 is 0 Å². The van der Waals surface area contributed by atoms with Crippen molar-refractivity contribution in [1.29, 1.82) is 0 Å². The highest BCUT2D eigenvalue weighted by Gasteiger charge is 2.35. The van der Waals surface area contributed by atoms with Gasteiger partial charge in [0, 0.05) is 26.1 Å². The monoisotopic (exact) mass is 357 g/mol. The summed E-state index contributed by atoms with van der Waals surface area (Å²) in [5.74, 6) is 0.360. The van der Waals surface area contributed by atoms with Crippen molar-refractivity contribution in [3.8, 4) is 0 Å². The molecule has 0 spiro atoms. The van der Waals surface area contributed by atoms with E-state index in [1.54, 1.807) is 4.90 Å². The largest absolute Gasteiger partial charge is 0.444 e. The number of unbranched alkanes of at least 4 members (excludes halogenated alkanes) is 5. The number of ether oxygens (including phenoxy) is 2. The first kappa shape index (κ1) is 22.2. The zero-order valence-corrected chi connectivity index (χ0v) is 16.9. The fourth-order valence-corrected chi connectivity index (χ4v) is 3.54. The summed E-state index contributed by atoms with van der Waals surface area (Å²) in [6.07, 6.45) is 8.53. The number of hydrogen-bond acceptors (Lipinski definition) is 4. The Morgan fingerprint density at radius 1 is 1.16 bits per heavy atom. The van der Waals surface area contributed by atoms with Gasteiger partial charge in [-0.2, -0.15) is 0 Å². The van der Waals surface area contributed by atoms with Crippen molar-refractivity contribution < 1.29 is 19.4 Å². The van der Waals surface area contributed by atoms with Crippen LogP contribution in [0.3, 0.4) is 0 Å². The highest BCUT2D eigenvalue weighted by atomic mass is 16.6. The molecular weight excluding hydrogens is 318 g/mol. The first-order chi connectivity index (χ1) is 11.8. The van der Waals surface area contributed by atoms with Gasteiger partial charge in [0.2, 0.25) is 0 Å². The highest BCUT2D eigenvalue weighted by Crippen LogP contribution is 2.29. The Balaban J connectivity index is 2.54. The van der Waals surface area contributed by atoms with E-state index in [-0.39, 0.29) is 12.0 Å². The average molecular weight is 358 g/mol. The van der Waals surface area contributed by atoms with Gasteiger partial charge >= 0.3 is 6.09 Å². The molecule has 1 heterocycles. The third kappa shape index (κ3) is 8.91. The van der Waals surface area contributed by atoms with Gasteiger partial charge in [-0.1, -0.05) is 45.4 Å². The lowest BCUT2D eigenvalue weighted by atomic mass is 9.85. The molecule has 5 heteroatoms. The Morgan fingerprint density at radius 3 is 2.40 bits per heavy atom. The highest BCUT2D eigenvalue weighted by molar-refractivity contribution is 5.68. The van der Waals surface area contributed by atoms with Gasteiger partial charge in [-0.25, -0.2) is 4.79 Å². The second-order valence-electron chi connectivity index (χ2n) is 8.43. The van der Waals surface area contributed by atoms with Crippen LogP contribution in [0.25, 0.3) is 0 Å². The summed E-state index contributed by atoms with van der Waals surface area (Å²) in [4.78, 5) is 14.2. The molecule has 25 heavy (non-hydrogen) atoms. The summed E-state index contributed by atoms with van der Waals surface area (Å²) in [6, 6.07) is 0. The molecule has 0 radical (unpaired) electrons. The van der Waals surface area contributed by atoms with Crippen LogP contribution in [0.4, 0.5) is 4.79 Å². The predicted molar refractivity (Wildman–Crippen MR) is 100 cm³/mol. The molecule has 0 bridgehead atoms. The molecule has 1 amide bonds. The van der Waals surface area contributed by atoms with Crippen LogP contribution >= 0.6 is 0 Å². The van der Waals surface area contributed by atoms with E-state index in [1.807, 2.05) is 20.8 Å². The fourth-order valence-electron chi connectivity index (χ4n) is 3.54. The number of carbonyl (C=O) groups excluding carboxylic acids is 1. The minimum Gasteiger partial charge on any atom is -0.444 e. The zero-order chi connectivity index (χ0) is 18.9. The number of aliphatic hydroxyl groups is 1. The Bertz CT molecular complexity index is 380. The number of likely N-dealkylation sites (tertiary alicyclic amines) is 1. The number of hydrogen-bond donors (Lipinski definition) is 1. The number of piperidine rings is 1. The molecule has 0 aromatic carbocycles. The van der Waals surface area contributed by atoms with Crippen LogP contribution in [0, 0.1) is 11.8 Å². The van der Waals surface area contributed by atoms with Gasteiger partial charge in [0.25, 0.3) is 0 Å². The van der Waals surface area contributed by atoms with Crippen molar-refractivity contribution in [3.63, 3.8) is 0 Å². The molecule has 1 fully saturated rings. The van der Waals surface area contributed by atoms with E-state index in [2.05, 4.69) is 6.92 Å². The Labute approximate surface area is 154 Å². The molecule has 5 nitrogen and oxygen atoms in total. The molecule has 1 aliphatic heterocycles. The van der Waals surface area contributed by atoms with Gasteiger partial charge in [-0.3, -0.25) is 0 Å². The van der Waals surface area contributed by atoms with Crippen LogP contribution in [-0.2, 0) is 9.47 Å². The quantitative estimate of drug-likeness (QED) is 0.485. The van der Waals surface area contributed by atoms with E-state index < -0.39 is 11.9 Å². The maximum atomic E-state index is 12.4. The second-order valence-corrected chi connectivity index (χ2v) is 8.43. The molecule has 0 aliphatic carbocycles. The smallest absolute Gasteiger partial charge is 0.410 e. The van der Waals surface area contributed by atoms with E-state index in [4.69, 9.17) is 9.47 Å². The Morgan fingerprint density at radius 2 is 1.80 bits per heavy atom. The van der Waals surface area contributed by atoms with Crippen molar-refractivity contribution in [3.05, 3.63) is 0 Å². The molecule has 1 aliphatic rings. The van der Waals surface area contributed by atoms with Crippen molar-refractivity contribution in [2.24, 2.45) is 11.8 Å². The van der Waals surface area contributed by atoms with Crippen LogP contribution in [0.1, 0.15) is 79.1 Å². The van der Waals surface area contributed by atoms with E-state index in [1.165, 1.54) is 45.6 Å². The standard InChI is InChI=1S/C20H39NO4/c1-6-7-8-9-10-11-12-16-13-17(18(22)24-5)15-21(14-16)19(23)25-20(2,3)4/h16-18,22H,6-15H2,1-5H3/t16?,17?,18-/m1/s1. The molecule has 0 aromatic heterocycles. The molecule has 0 aromatic rings. The Hall–Kier alpha value is -0.810. The topological polar surface area (TPSA) is 59.0 Å². The van der Waals surface area contributed by atoms with Crippen LogP contribution in [0.2, 0.25) is 0 Å². The van der Waals surface area contributed by atoms with Crippen LogP contribution in [-0.4, -0.2) is 48.2 Å². The maximum Gasteiger partial charge on any atom is 0.410 e. The van der Waals surface area contributed by atoms with Gasteiger partial charge in [-0.05, 0) is 39.5 Å². The minimum absolute atomic E-state index is 0.0450. The maximum absolute atomic E-state index is 12.4. The molecule has 1 N–H and O–H groups in total. The normalized spacial score (nSPS) is 22.7. The van der Waals surface area contributed by atoms with Gasteiger partial charge in [0.05, 0.1) is 0 Å². The molecule has 1 saturated heterocycles. The summed E-state index contributed by atoms with van der Waals surface area (Å²) in [7, 11) is 1.51. The van der Waals surface area contributed by atoms with Crippen molar-refractivity contribution >= 4 is 6.09 Å². The fraction of sp³-hybridized carbons (Fsp3) is 0.950. The predicted octanol–water partition coefficient (Wildman–Crippen LogP) is 4.58. The molecular formula is C20H39NO4. The molecule has 148 valence electrons. The molecule has 0 saturated carbocycles. The van der Waals surface area contributed by atoms with Crippen LogP contribution in [0.15, 0.2) is 0 Å². The van der Waals surface area contributed by atoms with Crippen molar-refractivity contribution in [2.45, 2.75) is 91.0 Å². The number of carbonyl (C=O) groups is 1. The lowest BCUT2D eigenvalue weighted by Gasteiger charge is -2.39. The van der Waals surface area contributed by atoms with Gasteiger partial charge in [0.1, 0.15) is 5.60 Å². The lowest BCUT2D eigenvalue weighted by Crippen LogP contribution is -2.49. The first-order valence-corrected chi connectivity index (χ1v) is 9.95. The van der Waals surface area contributed by atoms with Gasteiger partial charge < -0.3 is 19.5 Å². The Kier molecular flexibility index (Phi) is 9.80. The summed E-state index contributed by atoms with van der Waals surface area (Å²) >= 11 is 0. The molecule has 2 unspecified atom stereocenters. The number of methoxy groups -OCH3 is 1. The second kappa shape index (κ2) is 11.0. The van der Waals surface area contributed by atoms with Crippen molar-refractivity contribution in [2.75, 3.05) is 20.2 Å². The summed E-state index contributed by atoms with van der Waals surface area (Å²) < 4.78 is 10.6. The lowest BCUT2D eigenvalue weighted by molar-refractivity contribution is -0.131. The van der Waals surface area contributed by atoms with Crippen molar-refractivity contribution in [1.82, 2.24) is 4.90 Å². The summed E-state index contributed by atoms with van der Waals surface area (Å²) in [6.45, 7) is 9.08. The summed E-state index contributed by atoms with van der Waals surface area (Å²) in [5, 5.41) is 10.1. The zero-order valence-electron chi connectivity index (χ0n) is 16.9. The third-order valence-electron chi connectivity index (χ3n) is 4.83. The molecule has 1 rings (SSSR count). The number of aliphatic hydroxyl groups excluding tert-OH is 1. The van der Waals surface area contributed by atoms with E-state index in [9.17, 15) is 9.90 Å². The van der Waals surface area contributed by atoms with E-state index in [0.717, 1.165) is 19.4 Å². The number of rotatable bonds is 9. The minimum atomic E-state index is -0.822. The number of nitrogens with zero attached hydrogens (tertiary/aromatic N) is 1.